The number of nitrogens with zero attached hydrogens (tertiary/aromatic N) is 2. The Bertz CT molecular complexity index is 866. The number of fused-ring (bicyclic) bond motifs is 1. The molecular formula is C16H12F3N3O. The summed E-state index contributed by atoms with van der Waals surface area (Å²) in [6.45, 7) is 0. The lowest BCUT2D eigenvalue weighted by Crippen LogP contribution is -2.12. The second-order valence-corrected chi connectivity index (χ2v) is 5.09. The summed E-state index contributed by atoms with van der Waals surface area (Å²) >= 11 is 0. The minimum Gasteiger partial charge on any atom is -0.334 e. The lowest BCUT2D eigenvalue weighted by atomic mass is 10.1. The van der Waals surface area contributed by atoms with Crippen LogP contribution >= 0.6 is 0 Å². The zero-order chi connectivity index (χ0) is 16.6. The monoisotopic (exact) mass is 319 g/mol. The Morgan fingerprint density at radius 1 is 1.13 bits per heavy atom. The van der Waals surface area contributed by atoms with Gasteiger partial charge in [0.15, 0.2) is 0 Å². The fourth-order valence-corrected chi connectivity index (χ4v) is 2.22. The molecule has 0 saturated carbocycles. The number of hydrogen-bond acceptors (Lipinski definition) is 2. The van der Waals surface area contributed by atoms with Gasteiger partial charge in [-0.05, 0) is 42.5 Å². The van der Waals surface area contributed by atoms with Crippen LogP contribution in [-0.2, 0) is 13.2 Å². The summed E-state index contributed by atoms with van der Waals surface area (Å²) in [5.41, 5.74) is 1.48. The van der Waals surface area contributed by atoms with Crippen LogP contribution in [0.15, 0.2) is 48.8 Å². The molecule has 0 fully saturated rings. The van der Waals surface area contributed by atoms with Crippen LogP contribution < -0.4 is 5.32 Å². The summed E-state index contributed by atoms with van der Waals surface area (Å²) in [5.74, 6) is -0.405. The molecule has 7 heteroatoms. The zero-order valence-electron chi connectivity index (χ0n) is 12.1. The van der Waals surface area contributed by atoms with Crippen LogP contribution in [0.2, 0.25) is 0 Å². The molecule has 3 aromatic rings. The third kappa shape index (κ3) is 3.03. The molecule has 118 valence electrons. The molecule has 0 aliphatic rings. The number of halogens is 3. The van der Waals surface area contributed by atoms with Crippen molar-refractivity contribution in [2.24, 2.45) is 7.05 Å². The van der Waals surface area contributed by atoms with Gasteiger partial charge in [0.1, 0.15) is 0 Å². The summed E-state index contributed by atoms with van der Waals surface area (Å²) in [4.78, 5) is 16.3. The van der Waals surface area contributed by atoms with Crippen molar-refractivity contribution in [3.8, 4) is 0 Å². The Hall–Kier alpha value is -2.83. The van der Waals surface area contributed by atoms with Crippen molar-refractivity contribution in [2.45, 2.75) is 6.18 Å². The van der Waals surface area contributed by atoms with Gasteiger partial charge in [-0.2, -0.15) is 13.2 Å². The number of aryl methyl sites for hydroxylation is 1. The highest BCUT2D eigenvalue weighted by Gasteiger charge is 2.29. The zero-order valence-corrected chi connectivity index (χ0v) is 12.1. The summed E-state index contributed by atoms with van der Waals surface area (Å²) < 4.78 is 39.3. The number of benzene rings is 2. The lowest BCUT2D eigenvalue weighted by Gasteiger charge is -2.09. The average Bonchev–Trinajstić information content (AvgIpc) is 2.88. The van der Waals surface area contributed by atoms with Crippen LogP contribution in [0.4, 0.5) is 18.9 Å². The van der Waals surface area contributed by atoms with Gasteiger partial charge in [0.2, 0.25) is 0 Å². The van der Waals surface area contributed by atoms with Crippen molar-refractivity contribution in [1.29, 1.82) is 0 Å². The van der Waals surface area contributed by atoms with E-state index in [1.165, 1.54) is 12.1 Å². The van der Waals surface area contributed by atoms with Gasteiger partial charge in [-0.1, -0.05) is 0 Å². The van der Waals surface area contributed by atoms with Gasteiger partial charge in [0.05, 0.1) is 22.9 Å². The molecule has 0 atom stereocenters. The van der Waals surface area contributed by atoms with E-state index in [0.717, 1.165) is 17.6 Å². The van der Waals surface area contributed by atoms with Crippen molar-refractivity contribution in [1.82, 2.24) is 9.55 Å². The fraction of sp³-hybridized carbons (Fsp3) is 0.125. The third-order valence-corrected chi connectivity index (χ3v) is 3.46. The number of rotatable bonds is 2. The van der Waals surface area contributed by atoms with Crippen LogP contribution in [0, 0.1) is 0 Å². The van der Waals surface area contributed by atoms with Gasteiger partial charge < -0.3 is 9.88 Å². The topological polar surface area (TPSA) is 46.9 Å². The average molecular weight is 319 g/mol. The number of amides is 1. The van der Waals surface area contributed by atoms with Crippen LogP contribution in [0.25, 0.3) is 11.0 Å². The normalized spacial score (nSPS) is 11.7. The molecule has 1 heterocycles. The first-order chi connectivity index (χ1) is 10.8. The van der Waals surface area contributed by atoms with E-state index in [1.807, 2.05) is 11.6 Å². The quantitative estimate of drug-likeness (QED) is 0.780. The van der Waals surface area contributed by atoms with Gasteiger partial charge in [-0.25, -0.2) is 4.98 Å². The molecule has 0 spiro atoms. The standard InChI is InChI=1S/C16H12F3N3O/c1-22-9-20-13-8-10(2-7-14(13)22)15(23)21-12-5-3-11(4-6-12)16(17,18)19/h2-9H,1H3,(H,21,23). The maximum atomic E-state index is 12.5. The molecule has 2 aromatic carbocycles. The number of nitrogens with one attached hydrogen (secondary N) is 1. The van der Waals surface area contributed by atoms with E-state index in [0.29, 0.717) is 16.8 Å². The number of hydrogen-bond donors (Lipinski definition) is 1. The Labute approximate surface area is 129 Å². The SMILES string of the molecule is Cn1cnc2cc(C(=O)Nc3ccc(C(F)(F)F)cc3)ccc21. The van der Waals surface area contributed by atoms with E-state index in [9.17, 15) is 18.0 Å². The maximum absolute atomic E-state index is 12.5. The number of alkyl halides is 3. The number of carbonyl (C=O) groups is 1. The largest absolute Gasteiger partial charge is 0.416 e. The molecule has 0 unspecified atom stereocenters. The van der Waals surface area contributed by atoms with Gasteiger partial charge in [-0.3, -0.25) is 4.79 Å². The molecule has 0 aliphatic heterocycles. The third-order valence-electron chi connectivity index (χ3n) is 3.46. The molecule has 3 rings (SSSR count). The smallest absolute Gasteiger partial charge is 0.334 e. The molecular weight excluding hydrogens is 307 g/mol. The molecule has 0 saturated heterocycles. The summed E-state index contributed by atoms with van der Waals surface area (Å²) in [7, 11) is 1.84. The fourth-order valence-electron chi connectivity index (χ4n) is 2.22. The molecule has 1 N–H and O–H groups in total. The predicted octanol–water partition coefficient (Wildman–Crippen LogP) is 3.84. The first-order valence-corrected chi connectivity index (χ1v) is 6.74. The van der Waals surface area contributed by atoms with Crippen molar-refractivity contribution in [3.05, 3.63) is 59.9 Å². The predicted molar refractivity (Wildman–Crippen MR) is 80.1 cm³/mol. The van der Waals surface area contributed by atoms with E-state index in [1.54, 1.807) is 24.5 Å². The second-order valence-electron chi connectivity index (χ2n) is 5.09. The number of carbonyl (C=O) groups excluding carboxylic acids is 1. The summed E-state index contributed by atoms with van der Waals surface area (Å²) in [5, 5.41) is 2.57. The lowest BCUT2D eigenvalue weighted by molar-refractivity contribution is -0.137. The van der Waals surface area contributed by atoms with E-state index in [2.05, 4.69) is 10.3 Å². The van der Waals surface area contributed by atoms with E-state index in [4.69, 9.17) is 0 Å². The van der Waals surface area contributed by atoms with E-state index < -0.39 is 17.6 Å². The van der Waals surface area contributed by atoms with Crippen LogP contribution in [0.3, 0.4) is 0 Å². The highest BCUT2D eigenvalue weighted by atomic mass is 19.4. The number of imidazole rings is 1. The van der Waals surface area contributed by atoms with E-state index in [-0.39, 0.29) is 0 Å². The van der Waals surface area contributed by atoms with Crippen molar-refractivity contribution in [2.75, 3.05) is 5.32 Å². The number of anilines is 1. The molecule has 1 amide bonds. The Kier molecular flexibility index (Phi) is 3.55. The van der Waals surface area contributed by atoms with Crippen molar-refractivity contribution < 1.29 is 18.0 Å². The highest BCUT2D eigenvalue weighted by molar-refractivity contribution is 6.05. The molecule has 1 aromatic heterocycles. The highest BCUT2D eigenvalue weighted by Crippen LogP contribution is 2.29. The van der Waals surface area contributed by atoms with E-state index >= 15 is 0 Å². The Morgan fingerprint density at radius 2 is 1.83 bits per heavy atom. The molecule has 4 nitrogen and oxygen atoms in total. The Morgan fingerprint density at radius 3 is 2.48 bits per heavy atom. The van der Waals surface area contributed by atoms with Crippen LogP contribution in [0.1, 0.15) is 15.9 Å². The first-order valence-electron chi connectivity index (χ1n) is 6.74. The molecule has 0 aliphatic carbocycles. The van der Waals surface area contributed by atoms with Gasteiger partial charge >= 0.3 is 6.18 Å². The van der Waals surface area contributed by atoms with Crippen LogP contribution in [-0.4, -0.2) is 15.5 Å². The number of aromatic nitrogens is 2. The van der Waals surface area contributed by atoms with Gasteiger partial charge in [0.25, 0.3) is 5.91 Å². The van der Waals surface area contributed by atoms with Crippen molar-refractivity contribution in [3.63, 3.8) is 0 Å². The van der Waals surface area contributed by atoms with Gasteiger partial charge in [-0.15, -0.1) is 0 Å². The summed E-state index contributed by atoms with van der Waals surface area (Å²) in [6.07, 6.45) is -2.76. The second kappa shape index (κ2) is 5.42. The maximum Gasteiger partial charge on any atom is 0.416 e. The minimum atomic E-state index is -4.40. The molecule has 23 heavy (non-hydrogen) atoms. The van der Waals surface area contributed by atoms with Crippen LogP contribution in [0.5, 0.6) is 0 Å². The summed E-state index contributed by atoms with van der Waals surface area (Å²) in [6, 6.07) is 9.34. The van der Waals surface area contributed by atoms with Gasteiger partial charge in [0, 0.05) is 18.3 Å². The molecule has 0 radical (unpaired) electrons. The Balaban J connectivity index is 1.80. The first kappa shape index (κ1) is 15.1. The van der Waals surface area contributed by atoms with Crippen molar-refractivity contribution >= 4 is 22.6 Å². The minimum absolute atomic E-state index is 0.295. The molecule has 0 bridgehead atoms.